The summed E-state index contributed by atoms with van der Waals surface area (Å²) in [5.41, 5.74) is -0.160. The first kappa shape index (κ1) is 21.0. The fraction of sp³-hybridized carbons (Fsp3) is 0.885. The summed E-state index contributed by atoms with van der Waals surface area (Å²) in [5.74, 6) is 3.07. The molecule has 3 heterocycles. The predicted molar refractivity (Wildman–Crippen MR) is 120 cm³/mol. The molecule has 1 unspecified atom stereocenters. The zero-order valence-electron chi connectivity index (χ0n) is 19.5. The first-order valence-corrected chi connectivity index (χ1v) is 13.4. The van der Waals surface area contributed by atoms with E-state index in [4.69, 9.17) is 0 Å². The molecule has 0 spiro atoms. The molecular weight excluding hydrogens is 402 g/mol. The second kappa shape index (κ2) is 8.02. The number of hydrogen-bond acceptors (Lipinski definition) is 3. The highest BCUT2D eigenvalue weighted by atomic mass is 16.2. The van der Waals surface area contributed by atoms with Crippen LogP contribution < -0.4 is 0 Å². The molecule has 7 aliphatic rings. The number of nitrogens with zero attached hydrogens (tertiary/aromatic N) is 3. The molecule has 0 aromatic carbocycles. The number of hydrogen-bond donors (Lipinski definition) is 0. The van der Waals surface area contributed by atoms with Crippen molar-refractivity contribution >= 4 is 17.7 Å². The Balaban J connectivity index is 1.10. The molecule has 176 valence electrons. The van der Waals surface area contributed by atoms with Gasteiger partial charge in [-0.05, 0) is 94.8 Å². The van der Waals surface area contributed by atoms with Crippen molar-refractivity contribution in [3.05, 3.63) is 0 Å². The number of amides is 3. The molecule has 32 heavy (non-hydrogen) atoms. The lowest BCUT2D eigenvalue weighted by Gasteiger charge is -2.56. The van der Waals surface area contributed by atoms with Gasteiger partial charge in [0.15, 0.2) is 0 Å². The summed E-state index contributed by atoms with van der Waals surface area (Å²) < 4.78 is 0. The fourth-order valence-corrected chi connectivity index (χ4v) is 8.70. The first-order valence-electron chi connectivity index (χ1n) is 13.4. The lowest BCUT2D eigenvalue weighted by atomic mass is 9.49. The molecule has 0 aromatic heterocycles. The van der Waals surface area contributed by atoms with Gasteiger partial charge < -0.3 is 14.7 Å². The lowest BCUT2D eigenvalue weighted by Crippen LogP contribution is -2.58. The maximum atomic E-state index is 13.9. The smallest absolute Gasteiger partial charge is 0.245 e. The van der Waals surface area contributed by atoms with E-state index in [1.54, 1.807) is 0 Å². The van der Waals surface area contributed by atoms with E-state index in [0.717, 1.165) is 95.2 Å². The van der Waals surface area contributed by atoms with Gasteiger partial charge in [0, 0.05) is 38.6 Å². The minimum atomic E-state index is -0.263. The third-order valence-corrected chi connectivity index (χ3v) is 9.86. The van der Waals surface area contributed by atoms with Crippen LogP contribution in [0.5, 0.6) is 0 Å². The Morgan fingerprint density at radius 3 is 1.78 bits per heavy atom. The van der Waals surface area contributed by atoms with E-state index >= 15 is 0 Å². The Morgan fingerprint density at radius 1 is 0.625 bits per heavy atom. The van der Waals surface area contributed by atoms with Gasteiger partial charge in [-0.15, -0.1) is 0 Å². The third kappa shape index (κ3) is 3.47. The summed E-state index contributed by atoms with van der Waals surface area (Å²) >= 11 is 0. The van der Waals surface area contributed by atoms with Crippen LogP contribution in [-0.2, 0) is 14.4 Å². The van der Waals surface area contributed by atoms with Gasteiger partial charge in [0.25, 0.3) is 0 Å². The molecule has 4 aliphatic carbocycles. The van der Waals surface area contributed by atoms with Gasteiger partial charge in [-0.2, -0.15) is 0 Å². The van der Waals surface area contributed by atoms with Crippen LogP contribution in [0.2, 0.25) is 0 Å². The van der Waals surface area contributed by atoms with Gasteiger partial charge in [-0.3, -0.25) is 14.4 Å². The van der Waals surface area contributed by atoms with E-state index in [1.165, 1.54) is 19.3 Å². The number of piperidine rings is 1. The van der Waals surface area contributed by atoms with E-state index in [-0.39, 0.29) is 23.3 Å². The average molecular weight is 442 g/mol. The Kier molecular flexibility index (Phi) is 5.26. The van der Waals surface area contributed by atoms with Crippen molar-refractivity contribution in [3.63, 3.8) is 0 Å². The van der Waals surface area contributed by atoms with E-state index in [0.29, 0.717) is 24.9 Å². The van der Waals surface area contributed by atoms with Crippen LogP contribution in [0.3, 0.4) is 0 Å². The number of carbonyl (C=O) groups excluding carboxylic acids is 3. The maximum absolute atomic E-state index is 13.9. The Morgan fingerprint density at radius 2 is 1.19 bits per heavy atom. The van der Waals surface area contributed by atoms with Crippen LogP contribution in [0, 0.1) is 29.1 Å². The number of likely N-dealkylation sites (tertiary alicyclic amines) is 3. The second-order valence-corrected chi connectivity index (χ2v) is 12.0. The van der Waals surface area contributed by atoms with Crippen LogP contribution in [0.15, 0.2) is 0 Å². The zero-order chi connectivity index (χ0) is 21.9. The highest BCUT2D eigenvalue weighted by Crippen LogP contribution is 2.60. The quantitative estimate of drug-likeness (QED) is 0.676. The van der Waals surface area contributed by atoms with Gasteiger partial charge in [-0.25, -0.2) is 0 Å². The summed E-state index contributed by atoms with van der Waals surface area (Å²) in [4.78, 5) is 46.1. The van der Waals surface area contributed by atoms with E-state index in [2.05, 4.69) is 0 Å². The van der Waals surface area contributed by atoms with Crippen LogP contribution in [0.1, 0.15) is 77.0 Å². The van der Waals surface area contributed by atoms with Crippen molar-refractivity contribution in [2.24, 2.45) is 29.1 Å². The number of carbonyl (C=O) groups is 3. The minimum absolute atomic E-state index is 0.0745. The van der Waals surface area contributed by atoms with Gasteiger partial charge in [-0.1, -0.05) is 0 Å². The summed E-state index contributed by atoms with van der Waals surface area (Å²) in [6.07, 6.45) is 12.8. The van der Waals surface area contributed by atoms with Crippen molar-refractivity contribution in [1.29, 1.82) is 0 Å². The van der Waals surface area contributed by atoms with Crippen molar-refractivity contribution in [1.82, 2.24) is 14.7 Å². The topological polar surface area (TPSA) is 60.9 Å². The molecule has 3 saturated heterocycles. The molecule has 0 radical (unpaired) electrons. The van der Waals surface area contributed by atoms with Crippen molar-refractivity contribution < 1.29 is 14.4 Å². The summed E-state index contributed by atoms with van der Waals surface area (Å²) in [6.45, 7) is 3.89. The molecule has 7 fully saturated rings. The summed E-state index contributed by atoms with van der Waals surface area (Å²) in [5, 5.41) is 0. The van der Waals surface area contributed by atoms with E-state index in [1.807, 2.05) is 14.7 Å². The van der Waals surface area contributed by atoms with Gasteiger partial charge in [0.1, 0.15) is 6.04 Å². The van der Waals surface area contributed by atoms with Crippen molar-refractivity contribution in [2.45, 2.75) is 83.1 Å². The van der Waals surface area contributed by atoms with Crippen molar-refractivity contribution in [3.8, 4) is 0 Å². The maximum Gasteiger partial charge on any atom is 0.245 e. The molecule has 7 rings (SSSR count). The monoisotopic (exact) mass is 441 g/mol. The van der Waals surface area contributed by atoms with Crippen LogP contribution in [0.25, 0.3) is 0 Å². The molecular formula is C26H39N3O3. The summed E-state index contributed by atoms with van der Waals surface area (Å²) in [6, 6.07) is -0.263. The molecule has 0 aromatic rings. The first-order chi connectivity index (χ1) is 15.5. The normalized spacial score (nSPS) is 39.2. The molecule has 3 amide bonds. The minimum Gasteiger partial charge on any atom is -0.342 e. The predicted octanol–water partition coefficient (Wildman–Crippen LogP) is 3.05. The molecule has 6 nitrogen and oxygen atoms in total. The number of rotatable bonds is 3. The third-order valence-electron chi connectivity index (χ3n) is 9.86. The molecule has 4 saturated carbocycles. The molecule has 6 heteroatoms. The SMILES string of the molecule is O=C(C1CCN(C(=O)C2CCCN2C(=O)C23CC4CC(CC(C4)C2)C3)CC1)N1CCCC1. The van der Waals surface area contributed by atoms with Gasteiger partial charge >= 0.3 is 0 Å². The Hall–Kier alpha value is -1.59. The van der Waals surface area contributed by atoms with Gasteiger partial charge in [0.2, 0.25) is 17.7 Å². The average Bonchev–Trinajstić information content (AvgIpc) is 3.49. The Bertz CT molecular complexity index is 746. The Labute approximate surface area is 192 Å². The van der Waals surface area contributed by atoms with Crippen molar-refractivity contribution in [2.75, 3.05) is 32.7 Å². The van der Waals surface area contributed by atoms with Crippen LogP contribution >= 0.6 is 0 Å². The summed E-state index contributed by atoms with van der Waals surface area (Å²) in [7, 11) is 0. The van der Waals surface area contributed by atoms with E-state index in [9.17, 15) is 14.4 Å². The lowest BCUT2D eigenvalue weighted by molar-refractivity contribution is -0.162. The molecule has 1 atom stereocenters. The van der Waals surface area contributed by atoms with E-state index < -0.39 is 0 Å². The molecule has 3 aliphatic heterocycles. The highest BCUT2D eigenvalue weighted by Gasteiger charge is 2.57. The molecule has 0 N–H and O–H groups in total. The zero-order valence-corrected chi connectivity index (χ0v) is 19.5. The molecule has 4 bridgehead atoms. The van der Waals surface area contributed by atoms with Gasteiger partial charge in [0.05, 0.1) is 5.41 Å². The van der Waals surface area contributed by atoms with Crippen LogP contribution in [-0.4, -0.2) is 71.2 Å². The largest absolute Gasteiger partial charge is 0.342 e. The second-order valence-electron chi connectivity index (χ2n) is 12.0. The fourth-order valence-electron chi connectivity index (χ4n) is 8.70. The highest BCUT2D eigenvalue weighted by molar-refractivity contribution is 5.91. The standard InChI is InChI=1S/C26H39N3O3/c30-23(27-7-1-2-8-27)21-5-10-28(11-6-21)24(31)22-4-3-9-29(22)25(32)26-15-18-12-19(16-26)14-20(13-18)17-26/h18-22H,1-17H2. The van der Waals surface area contributed by atoms with Crippen LogP contribution in [0.4, 0.5) is 0 Å².